The standard InChI is InChI=1S/C9H14N2S/c1-4-5-8(10-3)9-6-11-7(2)12-9/h4,6,8,10H,1,5H2,2-3H3. The molecule has 66 valence electrons. The molecule has 1 aromatic heterocycles. The lowest BCUT2D eigenvalue weighted by atomic mass is 10.2. The maximum absolute atomic E-state index is 4.21. The number of nitrogens with zero attached hydrogens (tertiary/aromatic N) is 1. The van der Waals surface area contributed by atoms with Gasteiger partial charge in [-0.1, -0.05) is 6.08 Å². The van der Waals surface area contributed by atoms with Crippen LogP contribution in [0, 0.1) is 6.92 Å². The summed E-state index contributed by atoms with van der Waals surface area (Å²) in [7, 11) is 1.96. The lowest BCUT2D eigenvalue weighted by Gasteiger charge is -2.10. The first-order valence-electron chi connectivity index (χ1n) is 3.98. The molecule has 1 unspecified atom stereocenters. The van der Waals surface area contributed by atoms with Gasteiger partial charge < -0.3 is 5.32 Å². The highest BCUT2D eigenvalue weighted by Gasteiger charge is 2.09. The van der Waals surface area contributed by atoms with E-state index >= 15 is 0 Å². The van der Waals surface area contributed by atoms with E-state index in [0.717, 1.165) is 11.4 Å². The van der Waals surface area contributed by atoms with E-state index in [2.05, 4.69) is 16.9 Å². The van der Waals surface area contributed by atoms with Crippen LogP contribution >= 0.6 is 11.3 Å². The molecule has 0 radical (unpaired) electrons. The van der Waals surface area contributed by atoms with Crippen LogP contribution in [-0.2, 0) is 0 Å². The van der Waals surface area contributed by atoms with Crippen molar-refractivity contribution in [3.8, 4) is 0 Å². The van der Waals surface area contributed by atoms with E-state index in [-0.39, 0.29) is 0 Å². The second-order valence-corrected chi connectivity index (χ2v) is 3.91. The second kappa shape index (κ2) is 4.38. The van der Waals surface area contributed by atoms with Crippen LogP contribution in [-0.4, -0.2) is 12.0 Å². The Hall–Kier alpha value is -0.670. The van der Waals surface area contributed by atoms with E-state index in [1.54, 1.807) is 11.3 Å². The molecule has 1 aromatic rings. The summed E-state index contributed by atoms with van der Waals surface area (Å²) in [6, 6.07) is 0.383. The van der Waals surface area contributed by atoms with Gasteiger partial charge in [0.25, 0.3) is 0 Å². The predicted octanol–water partition coefficient (Wildman–Crippen LogP) is 2.29. The fraction of sp³-hybridized carbons (Fsp3) is 0.444. The van der Waals surface area contributed by atoms with Crippen LogP contribution in [0.4, 0.5) is 0 Å². The number of hydrogen-bond acceptors (Lipinski definition) is 3. The zero-order chi connectivity index (χ0) is 8.97. The minimum Gasteiger partial charge on any atom is -0.312 e. The molecule has 0 saturated carbocycles. The average molecular weight is 182 g/mol. The van der Waals surface area contributed by atoms with E-state index < -0.39 is 0 Å². The maximum Gasteiger partial charge on any atom is 0.0897 e. The second-order valence-electron chi connectivity index (χ2n) is 2.65. The Morgan fingerprint density at radius 3 is 3.00 bits per heavy atom. The summed E-state index contributed by atoms with van der Waals surface area (Å²) in [6.45, 7) is 5.75. The SMILES string of the molecule is C=CCC(NC)c1cnc(C)s1. The summed E-state index contributed by atoms with van der Waals surface area (Å²) in [5.41, 5.74) is 0. The quantitative estimate of drug-likeness (QED) is 0.723. The monoisotopic (exact) mass is 182 g/mol. The fourth-order valence-electron chi connectivity index (χ4n) is 1.08. The Morgan fingerprint density at radius 1 is 1.83 bits per heavy atom. The average Bonchev–Trinajstić information content (AvgIpc) is 2.47. The van der Waals surface area contributed by atoms with Gasteiger partial charge in [0.2, 0.25) is 0 Å². The Morgan fingerprint density at radius 2 is 2.58 bits per heavy atom. The third-order valence-corrected chi connectivity index (χ3v) is 2.76. The Balaban J connectivity index is 2.72. The highest BCUT2D eigenvalue weighted by atomic mass is 32.1. The first kappa shape index (κ1) is 9.42. The number of thiazole rings is 1. The van der Waals surface area contributed by atoms with Crippen molar-refractivity contribution in [3.05, 3.63) is 28.7 Å². The predicted molar refractivity (Wildman–Crippen MR) is 53.5 cm³/mol. The Labute approximate surface area is 77.3 Å². The molecule has 0 aliphatic rings. The zero-order valence-electron chi connectivity index (χ0n) is 7.50. The fourth-order valence-corrected chi connectivity index (χ4v) is 1.99. The highest BCUT2D eigenvalue weighted by Crippen LogP contribution is 2.22. The van der Waals surface area contributed by atoms with Crippen molar-refractivity contribution in [2.75, 3.05) is 7.05 Å². The van der Waals surface area contributed by atoms with Crippen LogP contribution < -0.4 is 5.32 Å². The molecule has 1 N–H and O–H groups in total. The van der Waals surface area contributed by atoms with Crippen LogP contribution in [0.1, 0.15) is 22.3 Å². The van der Waals surface area contributed by atoms with Gasteiger partial charge in [-0.25, -0.2) is 4.98 Å². The Bertz CT molecular complexity index is 255. The van der Waals surface area contributed by atoms with Gasteiger partial charge >= 0.3 is 0 Å². The van der Waals surface area contributed by atoms with Gasteiger partial charge in [0.05, 0.1) is 5.01 Å². The smallest absolute Gasteiger partial charge is 0.0897 e. The molecule has 0 aliphatic heterocycles. The van der Waals surface area contributed by atoms with Crippen molar-refractivity contribution in [3.63, 3.8) is 0 Å². The van der Waals surface area contributed by atoms with Crippen molar-refractivity contribution in [2.45, 2.75) is 19.4 Å². The Kier molecular flexibility index (Phi) is 3.44. The molecule has 0 aromatic carbocycles. The lowest BCUT2D eigenvalue weighted by Crippen LogP contribution is -2.13. The molecule has 1 atom stereocenters. The summed E-state index contributed by atoms with van der Waals surface area (Å²) in [4.78, 5) is 5.50. The number of rotatable bonds is 4. The molecule has 0 fully saturated rings. The molecule has 3 heteroatoms. The topological polar surface area (TPSA) is 24.9 Å². The van der Waals surface area contributed by atoms with E-state index in [1.807, 2.05) is 26.2 Å². The molecular weight excluding hydrogens is 168 g/mol. The van der Waals surface area contributed by atoms with Gasteiger partial charge in [-0.05, 0) is 20.4 Å². The molecule has 0 aliphatic carbocycles. The molecule has 0 saturated heterocycles. The van der Waals surface area contributed by atoms with Crippen LogP contribution in [0.5, 0.6) is 0 Å². The van der Waals surface area contributed by atoms with Crippen LogP contribution in [0.15, 0.2) is 18.9 Å². The normalized spacial score (nSPS) is 12.8. The van der Waals surface area contributed by atoms with E-state index in [1.165, 1.54) is 4.88 Å². The molecule has 2 nitrogen and oxygen atoms in total. The van der Waals surface area contributed by atoms with Gasteiger partial charge in [-0.15, -0.1) is 17.9 Å². The number of hydrogen-bond donors (Lipinski definition) is 1. The first-order valence-corrected chi connectivity index (χ1v) is 4.80. The molecule has 12 heavy (non-hydrogen) atoms. The van der Waals surface area contributed by atoms with Gasteiger partial charge in [-0.3, -0.25) is 0 Å². The van der Waals surface area contributed by atoms with Crippen LogP contribution in [0.2, 0.25) is 0 Å². The van der Waals surface area contributed by atoms with Gasteiger partial charge in [0.15, 0.2) is 0 Å². The largest absolute Gasteiger partial charge is 0.312 e. The minimum absolute atomic E-state index is 0.383. The molecule has 0 amide bonds. The first-order chi connectivity index (χ1) is 5.77. The molecule has 0 spiro atoms. The summed E-state index contributed by atoms with van der Waals surface area (Å²) >= 11 is 1.74. The van der Waals surface area contributed by atoms with Gasteiger partial charge in [0, 0.05) is 17.1 Å². The van der Waals surface area contributed by atoms with Crippen LogP contribution in [0.25, 0.3) is 0 Å². The minimum atomic E-state index is 0.383. The molecule has 0 bridgehead atoms. The third-order valence-electron chi connectivity index (χ3n) is 1.73. The van der Waals surface area contributed by atoms with Gasteiger partial charge in [0.1, 0.15) is 0 Å². The molecular formula is C9H14N2S. The van der Waals surface area contributed by atoms with E-state index in [9.17, 15) is 0 Å². The van der Waals surface area contributed by atoms with Crippen molar-refractivity contribution < 1.29 is 0 Å². The zero-order valence-corrected chi connectivity index (χ0v) is 8.32. The number of nitrogens with one attached hydrogen (secondary N) is 1. The van der Waals surface area contributed by atoms with Crippen molar-refractivity contribution in [1.82, 2.24) is 10.3 Å². The van der Waals surface area contributed by atoms with E-state index in [4.69, 9.17) is 0 Å². The van der Waals surface area contributed by atoms with Crippen molar-refractivity contribution in [2.24, 2.45) is 0 Å². The summed E-state index contributed by atoms with van der Waals surface area (Å²) < 4.78 is 0. The van der Waals surface area contributed by atoms with Crippen molar-refractivity contribution in [1.29, 1.82) is 0 Å². The third kappa shape index (κ3) is 2.16. The lowest BCUT2D eigenvalue weighted by molar-refractivity contribution is 0.613. The number of aromatic nitrogens is 1. The van der Waals surface area contributed by atoms with Gasteiger partial charge in [-0.2, -0.15) is 0 Å². The maximum atomic E-state index is 4.21. The summed E-state index contributed by atoms with van der Waals surface area (Å²) in [5.74, 6) is 0. The summed E-state index contributed by atoms with van der Waals surface area (Å²) in [6.07, 6.45) is 4.82. The van der Waals surface area contributed by atoms with E-state index in [0.29, 0.717) is 6.04 Å². The number of aryl methyl sites for hydroxylation is 1. The molecule has 1 rings (SSSR count). The highest BCUT2D eigenvalue weighted by molar-refractivity contribution is 7.11. The molecule has 1 heterocycles. The van der Waals surface area contributed by atoms with Crippen LogP contribution in [0.3, 0.4) is 0 Å². The van der Waals surface area contributed by atoms with Crippen molar-refractivity contribution >= 4 is 11.3 Å². The summed E-state index contributed by atoms with van der Waals surface area (Å²) in [5, 5.41) is 4.35.